The highest BCUT2D eigenvalue weighted by Gasteiger charge is 2.43. The summed E-state index contributed by atoms with van der Waals surface area (Å²) < 4.78 is 0. The molecule has 2 aliphatic carbocycles. The predicted molar refractivity (Wildman–Crippen MR) is 59.7 cm³/mol. The second-order valence-electron chi connectivity index (χ2n) is 5.95. The molecule has 0 aromatic carbocycles. The molecule has 1 aliphatic heterocycles. The fraction of sp³-hybridized carbons (Fsp3) is 0.923. The minimum atomic E-state index is 0.0461. The first-order valence-electron chi connectivity index (χ1n) is 6.52. The molecular weight excluding hydrogens is 186 g/mol. The maximum Gasteiger partial charge on any atom is 0.127 e. The van der Waals surface area contributed by atoms with E-state index in [2.05, 4.69) is 4.90 Å². The molecule has 0 N–H and O–H groups in total. The van der Waals surface area contributed by atoms with E-state index in [-0.39, 0.29) is 5.41 Å². The van der Waals surface area contributed by atoms with Gasteiger partial charge in [0, 0.05) is 24.5 Å². The van der Waals surface area contributed by atoms with Gasteiger partial charge in [-0.3, -0.25) is 4.90 Å². The monoisotopic (exact) mass is 207 g/mol. The third-order valence-corrected chi connectivity index (χ3v) is 4.89. The van der Waals surface area contributed by atoms with Gasteiger partial charge in [0.15, 0.2) is 0 Å². The lowest BCUT2D eigenvalue weighted by Gasteiger charge is -2.34. The van der Waals surface area contributed by atoms with Crippen molar-refractivity contribution < 1.29 is 4.79 Å². The summed E-state index contributed by atoms with van der Waals surface area (Å²) in [6.45, 7) is 2.35. The van der Waals surface area contributed by atoms with Crippen LogP contribution in [0.1, 0.15) is 44.9 Å². The second kappa shape index (κ2) is 3.58. The first-order valence-corrected chi connectivity index (χ1v) is 6.52. The van der Waals surface area contributed by atoms with E-state index in [1.165, 1.54) is 44.9 Å². The average molecular weight is 207 g/mol. The van der Waals surface area contributed by atoms with Crippen LogP contribution in [0.25, 0.3) is 0 Å². The fourth-order valence-corrected chi connectivity index (χ4v) is 4.02. The molecule has 0 spiro atoms. The van der Waals surface area contributed by atoms with Crippen molar-refractivity contribution in [1.82, 2.24) is 4.90 Å². The van der Waals surface area contributed by atoms with Crippen molar-refractivity contribution in [3.8, 4) is 0 Å². The summed E-state index contributed by atoms with van der Waals surface area (Å²) in [5.74, 6) is 0.958. The van der Waals surface area contributed by atoms with Crippen LogP contribution in [-0.4, -0.2) is 30.3 Å². The molecule has 2 atom stereocenters. The molecule has 2 nitrogen and oxygen atoms in total. The molecule has 1 saturated heterocycles. The second-order valence-corrected chi connectivity index (χ2v) is 5.95. The summed E-state index contributed by atoms with van der Waals surface area (Å²) in [4.78, 5) is 13.9. The van der Waals surface area contributed by atoms with Crippen LogP contribution in [0, 0.1) is 11.3 Å². The number of hydrogen-bond acceptors (Lipinski definition) is 2. The highest BCUT2D eigenvalue weighted by molar-refractivity contribution is 5.60. The van der Waals surface area contributed by atoms with Gasteiger partial charge in [0.2, 0.25) is 0 Å². The Bertz CT molecular complexity index is 257. The molecule has 15 heavy (non-hydrogen) atoms. The van der Waals surface area contributed by atoms with E-state index < -0.39 is 0 Å². The lowest BCUT2D eigenvalue weighted by Crippen LogP contribution is -2.41. The molecule has 3 rings (SSSR count). The average Bonchev–Trinajstić information content (AvgIpc) is 2.93. The number of piperidine rings is 1. The summed E-state index contributed by atoms with van der Waals surface area (Å²) >= 11 is 0. The van der Waals surface area contributed by atoms with E-state index in [9.17, 15) is 4.79 Å². The molecule has 0 aromatic rings. The van der Waals surface area contributed by atoms with E-state index in [1.54, 1.807) is 0 Å². The maximum absolute atomic E-state index is 11.3. The number of likely N-dealkylation sites (tertiary alicyclic amines) is 1. The third kappa shape index (κ3) is 1.63. The van der Waals surface area contributed by atoms with Crippen molar-refractivity contribution in [3.63, 3.8) is 0 Å². The van der Waals surface area contributed by atoms with Gasteiger partial charge in [0.05, 0.1) is 0 Å². The Labute approximate surface area is 92.0 Å². The largest absolute Gasteiger partial charge is 0.303 e. The summed E-state index contributed by atoms with van der Waals surface area (Å²) in [5.41, 5.74) is 0.0461. The van der Waals surface area contributed by atoms with Crippen molar-refractivity contribution in [2.75, 3.05) is 13.1 Å². The van der Waals surface area contributed by atoms with Gasteiger partial charge >= 0.3 is 0 Å². The molecule has 1 heterocycles. The molecule has 2 saturated carbocycles. The van der Waals surface area contributed by atoms with Gasteiger partial charge in [-0.15, -0.1) is 0 Å². The molecular formula is C13H21NO. The van der Waals surface area contributed by atoms with Gasteiger partial charge in [0.1, 0.15) is 6.29 Å². The summed E-state index contributed by atoms with van der Waals surface area (Å²) in [5, 5.41) is 0. The summed E-state index contributed by atoms with van der Waals surface area (Å²) in [7, 11) is 0. The Morgan fingerprint density at radius 2 is 2.07 bits per heavy atom. The number of hydrogen-bond donors (Lipinski definition) is 0. The normalized spacial score (nSPS) is 38.7. The SMILES string of the molecule is O=CC1(CN2CC3CCC2C3)CCCC1. The minimum absolute atomic E-state index is 0.0461. The van der Waals surface area contributed by atoms with Gasteiger partial charge in [-0.05, 0) is 38.0 Å². The zero-order valence-corrected chi connectivity index (χ0v) is 9.45. The number of aldehydes is 1. The van der Waals surface area contributed by atoms with Crippen LogP contribution in [0.3, 0.4) is 0 Å². The van der Waals surface area contributed by atoms with Crippen LogP contribution < -0.4 is 0 Å². The van der Waals surface area contributed by atoms with E-state index >= 15 is 0 Å². The van der Waals surface area contributed by atoms with Crippen LogP contribution in [0.15, 0.2) is 0 Å². The van der Waals surface area contributed by atoms with Crippen molar-refractivity contribution in [1.29, 1.82) is 0 Å². The first-order chi connectivity index (χ1) is 7.31. The topological polar surface area (TPSA) is 20.3 Å². The van der Waals surface area contributed by atoms with Crippen LogP contribution in [0.4, 0.5) is 0 Å². The molecule has 2 unspecified atom stereocenters. The van der Waals surface area contributed by atoms with E-state index in [1.807, 2.05) is 0 Å². The molecule has 0 radical (unpaired) electrons. The molecule has 2 bridgehead atoms. The Hall–Kier alpha value is -0.370. The smallest absolute Gasteiger partial charge is 0.127 e. The molecule has 0 amide bonds. The maximum atomic E-state index is 11.3. The van der Waals surface area contributed by atoms with E-state index in [0.29, 0.717) is 0 Å². The number of nitrogens with zero attached hydrogens (tertiary/aromatic N) is 1. The first kappa shape index (κ1) is 9.83. The number of carbonyl (C=O) groups excluding carboxylic acids is 1. The van der Waals surface area contributed by atoms with E-state index in [4.69, 9.17) is 0 Å². The van der Waals surface area contributed by atoms with Gasteiger partial charge in [0.25, 0.3) is 0 Å². The summed E-state index contributed by atoms with van der Waals surface area (Å²) in [6, 6.07) is 0.826. The van der Waals surface area contributed by atoms with Gasteiger partial charge in [-0.2, -0.15) is 0 Å². The number of rotatable bonds is 3. The molecule has 2 heteroatoms. The number of fused-ring (bicyclic) bond motifs is 2. The Balaban J connectivity index is 1.66. The quantitative estimate of drug-likeness (QED) is 0.661. The number of carbonyl (C=O) groups is 1. The zero-order valence-electron chi connectivity index (χ0n) is 9.45. The lowest BCUT2D eigenvalue weighted by atomic mass is 9.87. The van der Waals surface area contributed by atoms with Crippen LogP contribution in [0.2, 0.25) is 0 Å². The van der Waals surface area contributed by atoms with Crippen molar-refractivity contribution in [2.45, 2.75) is 51.0 Å². The highest BCUT2D eigenvalue weighted by atomic mass is 16.1. The minimum Gasteiger partial charge on any atom is -0.303 e. The van der Waals surface area contributed by atoms with Crippen LogP contribution in [0.5, 0.6) is 0 Å². The highest BCUT2D eigenvalue weighted by Crippen LogP contribution is 2.42. The van der Waals surface area contributed by atoms with Crippen molar-refractivity contribution >= 4 is 6.29 Å². The zero-order chi connectivity index (χ0) is 10.3. The van der Waals surface area contributed by atoms with Crippen molar-refractivity contribution in [3.05, 3.63) is 0 Å². The molecule has 3 fully saturated rings. The molecule has 84 valence electrons. The molecule has 3 aliphatic rings. The third-order valence-electron chi connectivity index (χ3n) is 4.89. The van der Waals surface area contributed by atoms with Gasteiger partial charge < -0.3 is 4.79 Å². The lowest BCUT2D eigenvalue weighted by molar-refractivity contribution is -0.117. The van der Waals surface area contributed by atoms with E-state index in [0.717, 1.165) is 31.3 Å². The van der Waals surface area contributed by atoms with Gasteiger partial charge in [-0.1, -0.05) is 12.8 Å². The molecule has 0 aromatic heterocycles. The Morgan fingerprint density at radius 1 is 1.27 bits per heavy atom. The fourth-order valence-electron chi connectivity index (χ4n) is 4.02. The van der Waals surface area contributed by atoms with Crippen LogP contribution in [-0.2, 0) is 4.79 Å². The van der Waals surface area contributed by atoms with Gasteiger partial charge in [-0.25, -0.2) is 0 Å². The van der Waals surface area contributed by atoms with Crippen LogP contribution >= 0.6 is 0 Å². The Morgan fingerprint density at radius 3 is 2.60 bits per heavy atom. The van der Waals surface area contributed by atoms with Crippen molar-refractivity contribution in [2.24, 2.45) is 11.3 Å². The Kier molecular flexibility index (Phi) is 2.35. The summed E-state index contributed by atoms with van der Waals surface area (Å²) in [6.07, 6.45) is 10.3. The standard InChI is InChI=1S/C13H21NO/c15-10-13(5-1-2-6-13)9-14-8-11-3-4-12(14)7-11/h10-12H,1-9H2. The predicted octanol–water partition coefficient (Wildman–Crippen LogP) is 2.23.